The molecular formula is C26H30N4O3. The number of likely N-dealkylation sites (tertiary alicyclic amines) is 1. The Morgan fingerprint density at radius 2 is 1.85 bits per heavy atom. The molecule has 0 aliphatic carbocycles. The number of nitrogens with zero attached hydrogens (tertiary/aromatic N) is 3. The van der Waals surface area contributed by atoms with E-state index in [-0.39, 0.29) is 11.8 Å². The standard InChI is InChI=1S/C26H30N4O3/c1-18-10-11-19(2)23(14-18)33-17-20-8-7-9-21(15-20)25(31)28-22-16-27-29(3)24(22)26(32)30-12-5-4-6-13-30/h7-11,14-16H,4-6,12-13,17H2,1-3H3,(H,28,31). The molecule has 2 aromatic carbocycles. The maximum absolute atomic E-state index is 13.0. The van der Waals surface area contributed by atoms with Gasteiger partial charge in [-0.25, -0.2) is 0 Å². The monoisotopic (exact) mass is 446 g/mol. The summed E-state index contributed by atoms with van der Waals surface area (Å²) in [5, 5.41) is 7.08. The second-order valence-electron chi connectivity index (χ2n) is 8.60. The Kier molecular flexibility index (Phi) is 6.77. The molecule has 0 spiro atoms. The van der Waals surface area contributed by atoms with Gasteiger partial charge in [0.25, 0.3) is 11.8 Å². The van der Waals surface area contributed by atoms with E-state index in [9.17, 15) is 9.59 Å². The van der Waals surface area contributed by atoms with E-state index < -0.39 is 0 Å². The third-order valence-electron chi connectivity index (χ3n) is 5.96. The molecule has 0 unspecified atom stereocenters. The summed E-state index contributed by atoms with van der Waals surface area (Å²) in [7, 11) is 1.72. The number of nitrogens with one attached hydrogen (secondary N) is 1. The lowest BCUT2D eigenvalue weighted by molar-refractivity contribution is 0.0714. The third kappa shape index (κ3) is 5.25. The summed E-state index contributed by atoms with van der Waals surface area (Å²) in [4.78, 5) is 27.9. The summed E-state index contributed by atoms with van der Waals surface area (Å²) >= 11 is 0. The maximum atomic E-state index is 13.0. The highest BCUT2D eigenvalue weighted by molar-refractivity contribution is 6.08. The molecule has 0 bridgehead atoms. The summed E-state index contributed by atoms with van der Waals surface area (Å²) in [6, 6.07) is 13.4. The van der Waals surface area contributed by atoms with Crippen molar-refractivity contribution in [3.8, 4) is 5.75 Å². The van der Waals surface area contributed by atoms with Gasteiger partial charge in [-0.3, -0.25) is 14.3 Å². The Hall–Kier alpha value is -3.61. The van der Waals surface area contributed by atoms with E-state index in [0.717, 1.165) is 54.8 Å². The average Bonchev–Trinajstić information content (AvgIpc) is 3.19. The van der Waals surface area contributed by atoms with Gasteiger partial charge >= 0.3 is 0 Å². The zero-order valence-electron chi connectivity index (χ0n) is 19.4. The Bertz CT molecular complexity index is 1160. The molecule has 1 fully saturated rings. The fourth-order valence-corrected chi connectivity index (χ4v) is 4.05. The van der Waals surface area contributed by atoms with Crippen LogP contribution in [0.1, 0.15) is 56.8 Å². The van der Waals surface area contributed by atoms with Crippen molar-refractivity contribution in [2.24, 2.45) is 7.05 Å². The van der Waals surface area contributed by atoms with Crippen molar-refractivity contribution in [1.82, 2.24) is 14.7 Å². The molecule has 0 atom stereocenters. The third-order valence-corrected chi connectivity index (χ3v) is 5.96. The minimum absolute atomic E-state index is 0.0966. The van der Waals surface area contributed by atoms with Gasteiger partial charge in [0.15, 0.2) is 0 Å². The average molecular weight is 447 g/mol. The maximum Gasteiger partial charge on any atom is 0.274 e. The summed E-state index contributed by atoms with van der Waals surface area (Å²) < 4.78 is 7.51. The smallest absolute Gasteiger partial charge is 0.274 e. The molecule has 1 saturated heterocycles. The van der Waals surface area contributed by atoms with Gasteiger partial charge in [-0.15, -0.1) is 0 Å². The van der Waals surface area contributed by atoms with Crippen molar-refractivity contribution < 1.29 is 14.3 Å². The zero-order chi connectivity index (χ0) is 23.4. The van der Waals surface area contributed by atoms with E-state index in [4.69, 9.17) is 4.74 Å². The molecule has 0 saturated carbocycles. The first-order valence-electron chi connectivity index (χ1n) is 11.3. The molecule has 7 heteroatoms. The van der Waals surface area contributed by atoms with Crippen molar-refractivity contribution in [2.45, 2.75) is 39.7 Å². The van der Waals surface area contributed by atoms with Crippen LogP contribution in [-0.4, -0.2) is 39.6 Å². The Labute approximate surface area is 194 Å². The first kappa shape index (κ1) is 22.6. The molecule has 1 aliphatic heterocycles. The number of ether oxygens (including phenoxy) is 1. The van der Waals surface area contributed by atoms with E-state index in [0.29, 0.717) is 23.6 Å². The molecule has 1 aromatic heterocycles. The Morgan fingerprint density at radius 1 is 1.06 bits per heavy atom. The van der Waals surface area contributed by atoms with Gasteiger partial charge in [0.2, 0.25) is 0 Å². The molecular weight excluding hydrogens is 416 g/mol. The van der Waals surface area contributed by atoms with Crippen LogP contribution in [0.3, 0.4) is 0 Å². The van der Waals surface area contributed by atoms with Gasteiger partial charge in [-0.1, -0.05) is 24.3 Å². The molecule has 7 nitrogen and oxygen atoms in total. The van der Waals surface area contributed by atoms with Crippen molar-refractivity contribution in [2.75, 3.05) is 18.4 Å². The van der Waals surface area contributed by atoms with Gasteiger partial charge < -0.3 is 15.0 Å². The lowest BCUT2D eigenvalue weighted by Crippen LogP contribution is -2.37. The van der Waals surface area contributed by atoms with Crippen molar-refractivity contribution in [3.05, 3.63) is 76.6 Å². The van der Waals surface area contributed by atoms with E-state index in [1.165, 1.54) is 10.9 Å². The van der Waals surface area contributed by atoms with E-state index in [1.807, 2.05) is 49.1 Å². The highest BCUT2D eigenvalue weighted by Gasteiger charge is 2.25. The first-order chi connectivity index (χ1) is 15.9. The Balaban J connectivity index is 1.46. The number of carbonyl (C=O) groups is 2. The number of aryl methyl sites for hydroxylation is 3. The summed E-state index contributed by atoms with van der Waals surface area (Å²) in [5.74, 6) is 0.450. The van der Waals surface area contributed by atoms with Crippen LogP contribution in [0.25, 0.3) is 0 Å². The quantitative estimate of drug-likeness (QED) is 0.605. The molecule has 1 aliphatic rings. The highest BCUT2D eigenvalue weighted by atomic mass is 16.5. The summed E-state index contributed by atoms with van der Waals surface area (Å²) in [6.45, 7) is 5.87. The van der Waals surface area contributed by atoms with Gasteiger partial charge in [0.05, 0.1) is 11.9 Å². The number of piperidine rings is 1. The molecule has 2 heterocycles. The van der Waals surface area contributed by atoms with Gasteiger partial charge in [-0.2, -0.15) is 5.10 Å². The SMILES string of the molecule is Cc1ccc(C)c(OCc2cccc(C(=O)Nc3cnn(C)c3C(=O)N3CCCCC3)c2)c1. The number of anilines is 1. The number of benzene rings is 2. The highest BCUT2D eigenvalue weighted by Crippen LogP contribution is 2.22. The van der Waals surface area contributed by atoms with Gasteiger partial charge in [0.1, 0.15) is 18.1 Å². The van der Waals surface area contributed by atoms with Gasteiger partial charge in [0, 0.05) is 25.7 Å². The zero-order valence-corrected chi connectivity index (χ0v) is 19.4. The fourth-order valence-electron chi connectivity index (χ4n) is 4.05. The number of aromatic nitrogens is 2. The molecule has 33 heavy (non-hydrogen) atoms. The van der Waals surface area contributed by atoms with E-state index >= 15 is 0 Å². The molecule has 172 valence electrons. The molecule has 0 radical (unpaired) electrons. The minimum atomic E-state index is -0.288. The second-order valence-corrected chi connectivity index (χ2v) is 8.60. The van der Waals surface area contributed by atoms with Crippen molar-refractivity contribution in [3.63, 3.8) is 0 Å². The van der Waals surface area contributed by atoms with Crippen molar-refractivity contribution >= 4 is 17.5 Å². The summed E-state index contributed by atoms with van der Waals surface area (Å²) in [6.07, 6.45) is 4.68. The predicted molar refractivity (Wildman–Crippen MR) is 128 cm³/mol. The minimum Gasteiger partial charge on any atom is -0.489 e. The van der Waals surface area contributed by atoms with Crippen LogP contribution < -0.4 is 10.1 Å². The lowest BCUT2D eigenvalue weighted by Gasteiger charge is -2.27. The topological polar surface area (TPSA) is 76.5 Å². The molecule has 4 rings (SSSR count). The van der Waals surface area contributed by atoms with Crippen LogP contribution >= 0.6 is 0 Å². The lowest BCUT2D eigenvalue weighted by atomic mass is 10.1. The van der Waals surface area contributed by atoms with Crippen molar-refractivity contribution in [1.29, 1.82) is 0 Å². The number of amides is 2. The van der Waals surface area contributed by atoms with Crippen LogP contribution in [0.15, 0.2) is 48.7 Å². The number of carbonyl (C=O) groups excluding carboxylic acids is 2. The second kappa shape index (κ2) is 9.90. The van der Waals surface area contributed by atoms with Crippen LogP contribution in [0, 0.1) is 13.8 Å². The first-order valence-corrected chi connectivity index (χ1v) is 11.3. The molecule has 1 N–H and O–H groups in total. The summed E-state index contributed by atoms with van der Waals surface area (Å²) in [5.41, 5.74) is 4.42. The van der Waals surface area contributed by atoms with Crippen LogP contribution in [0.4, 0.5) is 5.69 Å². The normalized spacial score (nSPS) is 13.6. The molecule has 3 aromatic rings. The van der Waals surface area contributed by atoms with Crippen LogP contribution in [0.2, 0.25) is 0 Å². The largest absolute Gasteiger partial charge is 0.489 e. The van der Waals surface area contributed by atoms with E-state index in [1.54, 1.807) is 13.1 Å². The predicted octanol–water partition coefficient (Wildman–Crippen LogP) is 4.49. The van der Waals surface area contributed by atoms with Crippen LogP contribution in [-0.2, 0) is 13.7 Å². The van der Waals surface area contributed by atoms with Crippen LogP contribution in [0.5, 0.6) is 5.75 Å². The Morgan fingerprint density at radius 3 is 2.64 bits per heavy atom. The molecule has 2 amide bonds. The number of rotatable bonds is 6. The number of hydrogen-bond acceptors (Lipinski definition) is 4. The van der Waals surface area contributed by atoms with E-state index in [2.05, 4.69) is 16.5 Å². The number of hydrogen-bond donors (Lipinski definition) is 1. The fraction of sp³-hybridized carbons (Fsp3) is 0.346. The van der Waals surface area contributed by atoms with Gasteiger partial charge in [-0.05, 0) is 68.0 Å².